The van der Waals surface area contributed by atoms with Crippen LogP contribution >= 0.6 is 0 Å². The summed E-state index contributed by atoms with van der Waals surface area (Å²) in [6, 6.07) is 0. The van der Waals surface area contributed by atoms with E-state index in [9.17, 15) is 19.8 Å². The molecule has 0 aromatic carbocycles. The molecule has 0 aliphatic rings. The van der Waals surface area contributed by atoms with E-state index >= 15 is 0 Å². The molecule has 0 spiro atoms. The fourth-order valence-corrected chi connectivity index (χ4v) is 3.56. The standard InChI is InChI=1S/C17H32O4/c1-7-9-10-13(14(18)19)17(8-2,15(20)21)12(3)11-16(4,5)6/h12-13H,7-11H2,1-6H3,(H,18,19)(H,20,21). The molecular formula is C17H32O4. The molecule has 2 N–H and O–H groups in total. The molecule has 3 unspecified atom stereocenters. The number of carbonyl (C=O) groups is 2. The van der Waals surface area contributed by atoms with Crippen molar-refractivity contribution >= 4 is 11.9 Å². The lowest BCUT2D eigenvalue weighted by atomic mass is 9.60. The molecule has 0 saturated carbocycles. The van der Waals surface area contributed by atoms with Crippen molar-refractivity contribution in [3.8, 4) is 0 Å². The first-order chi connectivity index (χ1) is 9.52. The predicted molar refractivity (Wildman–Crippen MR) is 84.2 cm³/mol. The lowest BCUT2D eigenvalue weighted by Crippen LogP contribution is -2.48. The van der Waals surface area contributed by atoms with Gasteiger partial charge in [0.15, 0.2) is 0 Å². The third-order valence-electron chi connectivity index (χ3n) is 4.55. The second kappa shape index (κ2) is 7.81. The number of aliphatic carboxylic acids is 2. The van der Waals surface area contributed by atoms with Crippen molar-refractivity contribution in [3.63, 3.8) is 0 Å². The van der Waals surface area contributed by atoms with Crippen LogP contribution in [0.15, 0.2) is 0 Å². The van der Waals surface area contributed by atoms with Crippen LogP contribution in [0.2, 0.25) is 0 Å². The average Bonchev–Trinajstić information content (AvgIpc) is 2.31. The van der Waals surface area contributed by atoms with Crippen LogP contribution in [-0.4, -0.2) is 22.2 Å². The van der Waals surface area contributed by atoms with Crippen molar-refractivity contribution in [1.29, 1.82) is 0 Å². The monoisotopic (exact) mass is 300 g/mol. The highest BCUT2D eigenvalue weighted by Gasteiger charge is 2.52. The zero-order chi connectivity index (χ0) is 16.8. The molecule has 0 radical (unpaired) electrons. The smallest absolute Gasteiger partial charge is 0.310 e. The van der Waals surface area contributed by atoms with Gasteiger partial charge in [0.2, 0.25) is 0 Å². The largest absolute Gasteiger partial charge is 0.481 e. The summed E-state index contributed by atoms with van der Waals surface area (Å²) in [6.07, 6.45) is 3.09. The number of hydrogen-bond acceptors (Lipinski definition) is 2. The minimum atomic E-state index is -1.19. The molecule has 21 heavy (non-hydrogen) atoms. The SMILES string of the molecule is CCCCC(C(=O)O)C(CC)(C(=O)O)C(C)CC(C)(C)C. The Bertz CT molecular complexity index is 356. The van der Waals surface area contributed by atoms with E-state index < -0.39 is 23.3 Å². The van der Waals surface area contributed by atoms with Gasteiger partial charge in [-0.1, -0.05) is 54.4 Å². The summed E-state index contributed by atoms with van der Waals surface area (Å²) in [5, 5.41) is 19.4. The van der Waals surface area contributed by atoms with E-state index in [1.165, 1.54) is 0 Å². The summed E-state index contributed by atoms with van der Waals surface area (Å²) in [5.74, 6) is -2.95. The van der Waals surface area contributed by atoms with Crippen LogP contribution < -0.4 is 0 Å². The minimum absolute atomic E-state index is 0.0247. The van der Waals surface area contributed by atoms with Gasteiger partial charge in [0.25, 0.3) is 0 Å². The van der Waals surface area contributed by atoms with E-state index in [4.69, 9.17) is 0 Å². The van der Waals surface area contributed by atoms with E-state index in [1.54, 1.807) is 6.92 Å². The first kappa shape index (κ1) is 19.9. The highest BCUT2D eigenvalue weighted by Crippen LogP contribution is 2.46. The minimum Gasteiger partial charge on any atom is -0.481 e. The summed E-state index contributed by atoms with van der Waals surface area (Å²) >= 11 is 0. The van der Waals surface area contributed by atoms with E-state index in [0.29, 0.717) is 19.3 Å². The van der Waals surface area contributed by atoms with Crippen molar-refractivity contribution in [1.82, 2.24) is 0 Å². The zero-order valence-corrected chi connectivity index (χ0v) is 14.4. The van der Waals surface area contributed by atoms with Gasteiger partial charge >= 0.3 is 11.9 Å². The maximum Gasteiger partial charge on any atom is 0.310 e. The molecule has 4 heteroatoms. The lowest BCUT2D eigenvalue weighted by molar-refractivity contribution is -0.169. The summed E-state index contributed by atoms with van der Waals surface area (Å²) in [4.78, 5) is 23.7. The second-order valence-electron chi connectivity index (χ2n) is 7.40. The van der Waals surface area contributed by atoms with E-state index in [-0.39, 0.29) is 11.3 Å². The molecule has 0 aromatic rings. The predicted octanol–water partition coefficient (Wildman–Crippen LogP) is 4.43. The fraction of sp³-hybridized carbons (Fsp3) is 0.882. The van der Waals surface area contributed by atoms with Gasteiger partial charge in [0.1, 0.15) is 0 Å². The third kappa shape index (κ3) is 5.01. The van der Waals surface area contributed by atoms with Crippen molar-refractivity contribution < 1.29 is 19.8 Å². The summed E-state index contributed by atoms with van der Waals surface area (Å²) in [5.41, 5.74) is -1.21. The first-order valence-electron chi connectivity index (χ1n) is 7.99. The molecule has 0 bridgehead atoms. The van der Waals surface area contributed by atoms with Crippen molar-refractivity contribution in [2.75, 3.05) is 0 Å². The Morgan fingerprint density at radius 1 is 1.10 bits per heavy atom. The van der Waals surface area contributed by atoms with Crippen LogP contribution in [0.25, 0.3) is 0 Å². The van der Waals surface area contributed by atoms with Crippen molar-refractivity contribution in [2.45, 2.75) is 73.6 Å². The topological polar surface area (TPSA) is 74.6 Å². The Morgan fingerprint density at radius 3 is 1.90 bits per heavy atom. The Kier molecular flexibility index (Phi) is 7.41. The van der Waals surface area contributed by atoms with Crippen LogP contribution in [0, 0.1) is 22.7 Å². The number of carboxylic acid groups (broad SMARTS) is 2. The van der Waals surface area contributed by atoms with Gasteiger partial charge in [0.05, 0.1) is 11.3 Å². The highest BCUT2D eigenvalue weighted by molar-refractivity contribution is 5.83. The Labute approximate surface area is 128 Å². The zero-order valence-electron chi connectivity index (χ0n) is 14.4. The number of hydrogen-bond donors (Lipinski definition) is 2. The lowest BCUT2D eigenvalue weighted by Gasteiger charge is -2.41. The Morgan fingerprint density at radius 2 is 1.62 bits per heavy atom. The van der Waals surface area contributed by atoms with Gasteiger partial charge in [-0.25, -0.2) is 0 Å². The fourth-order valence-electron chi connectivity index (χ4n) is 3.56. The molecule has 0 fully saturated rings. The molecule has 0 heterocycles. The van der Waals surface area contributed by atoms with Crippen LogP contribution in [0.1, 0.15) is 73.6 Å². The van der Waals surface area contributed by atoms with Crippen LogP contribution in [0.4, 0.5) is 0 Å². The van der Waals surface area contributed by atoms with Crippen molar-refractivity contribution in [3.05, 3.63) is 0 Å². The molecule has 0 aliphatic carbocycles. The number of carboxylic acids is 2. The third-order valence-corrected chi connectivity index (χ3v) is 4.55. The molecule has 0 amide bonds. The molecule has 124 valence electrons. The molecule has 0 rings (SSSR count). The molecule has 4 nitrogen and oxygen atoms in total. The molecule has 0 aliphatic heterocycles. The Balaban J connectivity index is 5.68. The van der Waals surface area contributed by atoms with Crippen LogP contribution in [0.3, 0.4) is 0 Å². The van der Waals surface area contributed by atoms with E-state index in [2.05, 4.69) is 20.8 Å². The number of rotatable bonds is 9. The van der Waals surface area contributed by atoms with E-state index in [1.807, 2.05) is 13.8 Å². The maximum absolute atomic E-state index is 12.0. The quantitative estimate of drug-likeness (QED) is 0.660. The summed E-state index contributed by atoms with van der Waals surface area (Å²) in [6.45, 7) is 11.9. The molecule has 0 saturated heterocycles. The normalized spacial score (nSPS) is 17.8. The van der Waals surface area contributed by atoms with Gasteiger partial charge in [0, 0.05) is 0 Å². The van der Waals surface area contributed by atoms with Gasteiger partial charge < -0.3 is 10.2 Å². The van der Waals surface area contributed by atoms with Crippen LogP contribution in [0.5, 0.6) is 0 Å². The van der Waals surface area contributed by atoms with Crippen LogP contribution in [-0.2, 0) is 9.59 Å². The number of unbranched alkanes of at least 4 members (excludes halogenated alkanes) is 1. The Hall–Kier alpha value is -1.06. The molecular weight excluding hydrogens is 268 g/mol. The highest BCUT2D eigenvalue weighted by atomic mass is 16.4. The van der Waals surface area contributed by atoms with Gasteiger partial charge in [-0.3, -0.25) is 9.59 Å². The van der Waals surface area contributed by atoms with Gasteiger partial charge in [-0.2, -0.15) is 0 Å². The maximum atomic E-state index is 12.0. The first-order valence-corrected chi connectivity index (χ1v) is 7.99. The molecule has 3 atom stereocenters. The molecule has 0 aromatic heterocycles. The van der Waals surface area contributed by atoms with Gasteiger partial charge in [-0.05, 0) is 30.6 Å². The average molecular weight is 300 g/mol. The summed E-state index contributed by atoms with van der Waals surface area (Å²) < 4.78 is 0. The van der Waals surface area contributed by atoms with Crippen molar-refractivity contribution in [2.24, 2.45) is 22.7 Å². The van der Waals surface area contributed by atoms with Gasteiger partial charge in [-0.15, -0.1) is 0 Å². The second-order valence-corrected chi connectivity index (χ2v) is 7.40. The van der Waals surface area contributed by atoms with E-state index in [0.717, 1.165) is 12.8 Å². The summed E-state index contributed by atoms with van der Waals surface area (Å²) in [7, 11) is 0.